The highest BCUT2D eigenvalue weighted by molar-refractivity contribution is 5.72. The number of hydrogen-bond donors (Lipinski definition) is 0. The van der Waals surface area contributed by atoms with Crippen LogP contribution in [0.15, 0.2) is 0 Å². The van der Waals surface area contributed by atoms with Gasteiger partial charge in [-0.3, -0.25) is 4.79 Å². The van der Waals surface area contributed by atoms with Gasteiger partial charge in [0.2, 0.25) is 0 Å². The van der Waals surface area contributed by atoms with Crippen LogP contribution in [0.1, 0.15) is 124 Å². The minimum atomic E-state index is 0.138. The van der Waals surface area contributed by atoms with Gasteiger partial charge in [-0.1, -0.05) is 59.3 Å². The van der Waals surface area contributed by atoms with Gasteiger partial charge in [-0.15, -0.1) is 0 Å². The third kappa shape index (κ3) is 6.73. The van der Waals surface area contributed by atoms with Crippen LogP contribution in [0.25, 0.3) is 0 Å². The topological polar surface area (TPSA) is 26.3 Å². The molecule has 0 saturated heterocycles. The monoisotopic (exact) mass is 404 g/mol. The summed E-state index contributed by atoms with van der Waals surface area (Å²) in [6.07, 6.45) is 20.8. The van der Waals surface area contributed by atoms with E-state index in [0.29, 0.717) is 0 Å². The standard InChI is InChI=1S/C27H48O2/c1-4-6-8-22-11-18-26(20(3)19-22)23-12-14-24(15-13-23)27(28)29-25-16-9-21(7-5-2)10-17-25/h20-26H,4-19H2,1-3H3. The Morgan fingerprint density at radius 2 is 1.48 bits per heavy atom. The average molecular weight is 405 g/mol. The fraction of sp³-hybridized carbons (Fsp3) is 0.963. The second-order valence-electron chi connectivity index (χ2n) is 10.9. The normalized spacial score (nSPS) is 38.5. The molecule has 3 unspecified atom stereocenters. The lowest BCUT2D eigenvalue weighted by Gasteiger charge is -2.41. The van der Waals surface area contributed by atoms with Gasteiger partial charge in [-0.2, -0.15) is 0 Å². The smallest absolute Gasteiger partial charge is 0.309 e. The highest BCUT2D eigenvalue weighted by Crippen LogP contribution is 2.45. The lowest BCUT2D eigenvalue weighted by Crippen LogP contribution is -2.34. The first kappa shape index (κ1) is 23.1. The minimum absolute atomic E-state index is 0.138. The van der Waals surface area contributed by atoms with Crippen LogP contribution in [-0.4, -0.2) is 12.1 Å². The number of carbonyl (C=O) groups excluding carboxylic acids is 1. The Bertz CT molecular complexity index is 471. The molecule has 0 heterocycles. The molecule has 3 saturated carbocycles. The number of carbonyl (C=O) groups is 1. The van der Waals surface area contributed by atoms with Gasteiger partial charge in [0.25, 0.3) is 0 Å². The summed E-state index contributed by atoms with van der Waals surface area (Å²) in [5.74, 6) is 4.86. The van der Waals surface area contributed by atoms with Crippen LogP contribution < -0.4 is 0 Å². The Morgan fingerprint density at radius 3 is 2.10 bits per heavy atom. The van der Waals surface area contributed by atoms with Crippen LogP contribution in [0.4, 0.5) is 0 Å². The zero-order valence-corrected chi connectivity index (χ0v) is 19.7. The van der Waals surface area contributed by atoms with Crippen molar-refractivity contribution in [2.45, 2.75) is 130 Å². The Morgan fingerprint density at radius 1 is 0.793 bits per heavy atom. The van der Waals surface area contributed by atoms with Gasteiger partial charge < -0.3 is 4.74 Å². The van der Waals surface area contributed by atoms with E-state index in [-0.39, 0.29) is 18.0 Å². The molecule has 3 aliphatic rings. The van der Waals surface area contributed by atoms with E-state index in [1.54, 1.807) is 0 Å². The Labute approximate surface area is 180 Å². The van der Waals surface area contributed by atoms with Gasteiger partial charge in [0.15, 0.2) is 0 Å². The summed E-state index contributed by atoms with van der Waals surface area (Å²) >= 11 is 0. The maximum absolute atomic E-state index is 12.7. The van der Waals surface area contributed by atoms with E-state index >= 15 is 0 Å². The van der Waals surface area contributed by atoms with Gasteiger partial charge in [-0.05, 0) is 93.8 Å². The number of ether oxygens (including phenoxy) is 1. The average Bonchev–Trinajstić information content (AvgIpc) is 2.74. The molecule has 0 aromatic heterocycles. The Kier molecular flexibility index (Phi) is 9.38. The molecule has 3 fully saturated rings. The molecule has 2 nitrogen and oxygen atoms in total. The van der Waals surface area contributed by atoms with Crippen molar-refractivity contribution >= 4 is 5.97 Å². The number of hydrogen-bond acceptors (Lipinski definition) is 2. The zero-order valence-electron chi connectivity index (χ0n) is 19.7. The maximum Gasteiger partial charge on any atom is 0.309 e. The molecule has 0 spiro atoms. The molecule has 0 aromatic rings. The van der Waals surface area contributed by atoms with Gasteiger partial charge in [0, 0.05) is 0 Å². The van der Waals surface area contributed by atoms with Crippen molar-refractivity contribution in [3.63, 3.8) is 0 Å². The summed E-state index contributed by atoms with van der Waals surface area (Å²) in [5.41, 5.74) is 0. The van der Waals surface area contributed by atoms with E-state index in [4.69, 9.17) is 4.74 Å². The largest absolute Gasteiger partial charge is 0.462 e. The first-order chi connectivity index (χ1) is 14.1. The van der Waals surface area contributed by atoms with Gasteiger partial charge >= 0.3 is 5.97 Å². The van der Waals surface area contributed by atoms with Gasteiger partial charge in [0.05, 0.1) is 5.92 Å². The first-order valence-corrected chi connectivity index (χ1v) is 13.3. The van der Waals surface area contributed by atoms with E-state index in [2.05, 4.69) is 20.8 Å². The fourth-order valence-electron chi connectivity index (χ4n) is 6.98. The Hall–Kier alpha value is -0.530. The molecular formula is C27H48O2. The number of unbranched alkanes of at least 4 members (excludes halogenated alkanes) is 1. The summed E-state index contributed by atoms with van der Waals surface area (Å²) < 4.78 is 5.97. The van der Waals surface area contributed by atoms with Gasteiger partial charge in [-0.25, -0.2) is 0 Å². The highest BCUT2D eigenvalue weighted by Gasteiger charge is 2.37. The lowest BCUT2D eigenvalue weighted by atomic mass is 9.64. The predicted molar refractivity (Wildman–Crippen MR) is 122 cm³/mol. The van der Waals surface area contributed by atoms with Crippen LogP contribution in [0.2, 0.25) is 0 Å². The SMILES string of the molecule is CCCCC1CCC(C2CCC(C(=O)OC3CCC(CCC)CC3)CC2)C(C)C1. The number of rotatable bonds is 8. The second kappa shape index (κ2) is 11.8. The van der Waals surface area contributed by atoms with Gasteiger partial charge in [0.1, 0.15) is 6.10 Å². The van der Waals surface area contributed by atoms with Crippen molar-refractivity contribution < 1.29 is 9.53 Å². The quantitative estimate of drug-likeness (QED) is 0.384. The molecule has 0 bridgehead atoms. The van der Waals surface area contributed by atoms with E-state index < -0.39 is 0 Å². The third-order valence-electron chi connectivity index (χ3n) is 8.79. The lowest BCUT2D eigenvalue weighted by molar-refractivity contribution is -0.157. The molecule has 2 heteroatoms. The summed E-state index contributed by atoms with van der Waals surface area (Å²) in [7, 11) is 0. The molecule has 0 aromatic carbocycles. The minimum Gasteiger partial charge on any atom is -0.462 e. The Balaban J connectivity index is 1.36. The molecule has 3 rings (SSSR count). The molecule has 0 amide bonds. The summed E-state index contributed by atoms with van der Waals surface area (Å²) in [5, 5.41) is 0. The van der Waals surface area contributed by atoms with Crippen molar-refractivity contribution in [3.8, 4) is 0 Å². The molecule has 0 aliphatic heterocycles. The molecular weight excluding hydrogens is 356 g/mol. The first-order valence-electron chi connectivity index (χ1n) is 13.3. The summed E-state index contributed by atoms with van der Waals surface area (Å²) in [6.45, 7) is 7.11. The van der Waals surface area contributed by atoms with Crippen molar-refractivity contribution in [1.29, 1.82) is 0 Å². The number of esters is 1. The van der Waals surface area contributed by atoms with E-state index in [1.807, 2.05) is 0 Å². The third-order valence-corrected chi connectivity index (χ3v) is 8.79. The summed E-state index contributed by atoms with van der Waals surface area (Å²) in [6, 6.07) is 0. The van der Waals surface area contributed by atoms with E-state index in [1.165, 1.54) is 77.0 Å². The highest BCUT2D eigenvalue weighted by atomic mass is 16.5. The van der Waals surface area contributed by atoms with E-state index in [9.17, 15) is 4.79 Å². The van der Waals surface area contributed by atoms with E-state index in [0.717, 1.165) is 55.3 Å². The van der Waals surface area contributed by atoms with Crippen molar-refractivity contribution in [1.82, 2.24) is 0 Å². The molecule has 0 radical (unpaired) electrons. The predicted octanol–water partition coefficient (Wildman–Crippen LogP) is 7.94. The zero-order chi connectivity index (χ0) is 20.6. The van der Waals surface area contributed by atoms with Crippen LogP contribution in [-0.2, 0) is 9.53 Å². The fourth-order valence-corrected chi connectivity index (χ4v) is 6.98. The van der Waals surface area contributed by atoms with Crippen LogP contribution in [0.3, 0.4) is 0 Å². The molecule has 0 N–H and O–H groups in total. The molecule has 168 valence electrons. The van der Waals surface area contributed by atoms with Crippen molar-refractivity contribution in [2.75, 3.05) is 0 Å². The van der Waals surface area contributed by atoms with Crippen LogP contribution in [0, 0.1) is 35.5 Å². The van der Waals surface area contributed by atoms with Crippen LogP contribution in [0.5, 0.6) is 0 Å². The van der Waals surface area contributed by atoms with Crippen molar-refractivity contribution in [2.24, 2.45) is 35.5 Å². The van der Waals surface area contributed by atoms with Crippen molar-refractivity contribution in [3.05, 3.63) is 0 Å². The molecule has 29 heavy (non-hydrogen) atoms. The summed E-state index contributed by atoms with van der Waals surface area (Å²) in [4.78, 5) is 12.7. The second-order valence-corrected chi connectivity index (χ2v) is 10.9. The molecule has 3 atom stereocenters. The molecule has 3 aliphatic carbocycles. The maximum atomic E-state index is 12.7. The van der Waals surface area contributed by atoms with Crippen LogP contribution >= 0.6 is 0 Å².